The summed E-state index contributed by atoms with van der Waals surface area (Å²) in [4.78, 5) is 0. The standard InChI is InChI=1S/C17H17BrFNO2/c18-14-2-3-15(19)13(10-14)11-20-6-5-12-1-4-16-17(9-12)22-8-7-21-16/h1-4,9-10,20H,5-8,11H2. The molecular weight excluding hydrogens is 349 g/mol. The van der Waals surface area contributed by atoms with Gasteiger partial charge in [-0.3, -0.25) is 0 Å². The van der Waals surface area contributed by atoms with Crippen LogP contribution in [0, 0.1) is 5.82 Å². The van der Waals surface area contributed by atoms with Crippen LogP contribution in [0.5, 0.6) is 11.5 Å². The van der Waals surface area contributed by atoms with Gasteiger partial charge in [-0.15, -0.1) is 0 Å². The zero-order valence-corrected chi connectivity index (χ0v) is 13.7. The SMILES string of the molecule is Fc1ccc(Br)cc1CNCCc1ccc2c(c1)OCCO2. The predicted molar refractivity (Wildman–Crippen MR) is 86.9 cm³/mol. The van der Waals surface area contributed by atoms with Gasteiger partial charge >= 0.3 is 0 Å². The molecule has 0 unspecified atom stereocenters. The zero-order chi connectivity index (χ0) is 15.4. The summed E-state index contributed by atoms with van der Waals surface area (Å²) in [5.41, 5.74) is 1.84. The van der Waals surface area contributed by atoms with E-state index in [0.29, 0.717) is 25.3 Å². The van der Waals surface area contributed by atoms with Crippen LogP contribution in [0.25, 0.3) is 0 Å². The second kappa shape index (κ2) is 7.11. The number of halogens is 2. The Morgan fingerprint density at radius 1 is 1.05 bits per heavy atom. The molecule has 1 aliphatic rings. The normalized spacial score (nSPS) is 13.2. The van der Waals surface area contributed by atoms with Crippen molar-refractivity contribution in [1.82, 2.24) is 5.32 Å². The summed E-state index contributed by atoms with van der Waals surface area (Å²) in [5.74, 6) is 1.43. The number of nitrogens with one attached hydrogen (secondary N) is 1. The Balaban J connectivity index is 1.52. The number of ether oxygens (including phenoxy) is 2. The molecular formula is C17H17BrFNO2. The molecule has 3 nitrogen and oxygen atoms in total. The molecule has 2 aromatic rings. The lowest BCUT2D eigenvalue weighted by molar-refractivity contribution is 0.171. The van der Waals surface area contributed by atoms with Crippen LogP contribution in [0.2, 0.25) is 0 Å². The van der Waals surface area contributed by atoms with E-state index < -0.39 is 0 Å². The van der Waals surface area contributed by atoms with Crippen molar-refractivity contribution in [2.45, 2.75) is 13.0 Å². The number of hydrogen-bond donors (Lipinski definition) is 1. The molecule has 0 bridgehead atoms. The highest BCUT2D eigenvalue weighted by Crippen LogP contribution is 2.30. The Morgan fingerprint density at radius 2 is 1.86 bits per heavy atom. The fourth-order valence-electron chi connectivity index (χ4n) is 2.38. The first-order chi connectivity index (χ1) is 10.7. The van der Waals surface area contributed by atoms with Gasteiger partial charge in [0.2, 0.25) is 0 Å². The summed E-state index contributed by atoms with van der Waals surface area (Å²) >= 11 is 3.36. The number of benzene rings is 2. The third-order valence-corrected chi connectivity index (χ3v) is 4.01. The first-order valence-corrected chi connectivity index (χ1v) is 8.05. The number of hydrogen-bond acceptors (Lipinski definition) is 3. The molecule has 1 N–H and O–H groups in total. The lowest BCUT2D eigenvalue weighted by atomic mass is 10.1. The minimum absolute atomic E-state index is 0.185. The summed E-state index contributed by atoms with van der Waals surface area (Å²) in [5, 5.41) is 3.27. The molecule has 116 valence electrons. The maximum Gasteiger partial charge on any atom is 0.161 e. The Labute approximate surface area is 137 Å². The molecule has 1 aliphatic heterocycles. The van der Waals surface area contributed by atoms with Crippen molar-refractivity contribution in [3.63, 3.8) is 0 Å². The van der Waals surface area contributed by atoms with Crippen molar-refractivity contribution < 1.29 is 13.9 Å². The minimum Gasteiger partial charge on any atom is -0.486 e. The van der Waals surface area contributed by atoms with E-state index in [1.807, 2.05) is 18.2 Å². The van der Waals surface area contributed by atoms with Gasteiger partial charge in [0, 0.05) is 16.6 Å². The smallest absolute Gasteiger partial charge is 0.161 e. The Bertz CT molecular complexity index is 663. The van der Waals surface area contributed by atoms with Gasteiger partial charge in [0.15, 0.2) is 11.5 Å². The van der Waals surface area contributed by atoms with E-state index in [1.165, 1.54) is 11.6 Å². The van der Waals surface area contributed by atoms with Gasteiger partial charge in [0.1, 0.15) is 19.0 Å². The summed E-state index contributed by atoms with van der Waals surface area (Å²) in [6.07, 6.45) is 0.853. The molecule has 0 amide bonds. The third kappa shape index (κ3) is 3.78. The van der Waals surface area contributed by atoms with Crippen LogP contribution in [0.3, 0.4) is 0 Å². The maximum absolute atomic E-state index is 13.6. The van der Waals surface area contributed by atoms with Crippen molar-refractivity contribution in [3.8, 4) is 11.5 Å². The average Bonchev–Trinajstić information content (AvgIpc) is 2.54. The van der Waals surface area contributed by atoms with Crippen molar-refractivity contribution in [2.75, 3.05) is 19.8 Å². The van der Waals surface area contributed by atoms with E-state index in [0.717, 1.165) is 28.9 Å². The van der Waals surface area contributed by atoms with Gasteiger partial charge in [-0.2, -0.15) is 0 Å². The van der Waals surface area contributed by atoms with Crippen LogP contribution in [0.15, 0.2) is 40.9 Å². The third-order valence-electron chi connectivity index (χ3n) is 3.52. The number of rotatable bonds is 5. The quantitative estimate of drug-likeness (QED) is 0.819. The number of fused-ring (bicyclic) bond motifs is 1. The molecule has 1 heterocycles. The molecule has 0 saturated heterocycles. The fraction of sp³-hybridized carbons (Fsp3) is 0.294. The van der Waals surface area contributed by atoms with Crippen molar-refractivity contribution in [3.05, 3.63) is 57.8 Å². The monoisotopic (exact) mass is 365 g/mol. The molecule has 0 saturated carbocycles. The molecule has 0 radical (unpaired) electrons. The van der Waals surface area contributed by atoms with Crippen molar-refractivity contribution in [2.24, 2.45) is 0 Å². The molecule has 0 aromatic heterocycles. The largest absolute Gasteiger partial charge is 0.486 e. The van der Waals surface area contributed by atoms with Crippen LogP contribution in [-0.4, -0.2) is 19.8 Å². The second-order valence-corrected chi connectivity index (χ2v) is 6.06. The van der Waals surface area contributed by atoms with Crippen LogP contribution in [-0.2, 0) is 13.0 Å². The summed E-state index contributed by atoms with van der Waals surface area (Å²) in [7, 11) is 0. The highest BCUT2D eigenvalue weighted by molar-refractivity contribution is 9.10. The van der Waals surface area contributed by atoms with E-state index in [2.05, 4.69) is 21.2 Å². The van der Waals surface area contributed by atoms with E-state index in [-0.39, 0.29) is 5.82 Å². The average molecular weight is 366 g/mol. The Kier molecular flexibility index (Phi) is 4.95. The Morgan fingerprint density at radius 3 is 2.73 bits per heavy atom. The molecule has 2 aromatic carbocycles. The summed E-state index contributed by atoms with van der Waals surface area (Å²) < 4.78 is 25.6. The minimum atomic E-state index is -0.185. The van der Waals surface area contributed by atoms with Crippen LogP contribution in [0.1, 0.15) is 11.1 Å². The van der Waals surface area contributed by atoms with Crippen molar-refractivity contribution in [1.29, 1.82) is 0 Å². The fourth-order valence-corrected chi connectivity index (χ4v) is 2.79. The van der Waals surface area contributed by atoms with Gasteiger partial charge in [-0.05, 0) is 48.9 Å². The lowest BCUT2D eigenvalue weighted by Crippen LogP contribution is -2.18. The van der Waals surface area contributed by atoms with E-state index in [1.54, 1.807) is 12.1 Å². The molecule has 5 heteroatoms. The highest BCUT2D eigenvalue weighted by atomic mass is 79.9. The molecule has 3 rings (SSSR count). The van der Waals surface area contributed by atoms with Crippen molar-refractivity contribution >= 4 is 15.9 Å². The van der Waals surface area contributed by atoms with Gasteiger partial charge in [0.25, 0.3) is 0 Å². The van der Waals surface area contributed by atoms with Crippen LogP contribution in [0.4, 0.5) is 4.39 Å². The lowest BCUT2D eigenvalue weighted by Gasteiger charge is -2.18. The summed E-state index contributed by atoms with van der Waals surface area (Å²) in [6.45, 7) is 2.48. The molecule has 0 atom stereocenters. The van der Waals surface area contributed by atoms with E-state index >= 15 is 0 Å². The molecule has 0 spiro atoms. The van der Waals surface area contributed by atoms with Gasteiger partial charge in [-0.25, -0.2) is 4.39 Å². The maximum atomic E-state index is 13.6. The molecule has 0 aliphatic carbocycles. The molecule has 0 fully saturated rings. The molecule has 22 heavy (non-hydrogen) atoms. The second-order valence-electron chi connectivity index (χ2n) is 5.14. The predicted octanol–water partition coefficient (Wildman–Crippen LogP) is 3.69. The van der Waals surface area contributed by atoms with Gasteiger partial charge < -0.3 is 14.8 Å². The highest BCUT2D eigenvalue weighted by Gasteiger charge is 2.11. The van der Waals surface area contributed by atoms with Gasteiger partial charge in [-0.1, -0.05) is 22.0 Å². The zero-order valence-electron chi connectivity index (χ0n) is 12.1. The topological polar surface area (TPSA) is 30.5 Å². The van der Waals surface area contributed by atoms with Crippen LogP contribution < -0.4 is 14.8 Å². The van der Waals surface area contributed by atoms with Crippen LogP contribution >= 0.6 is 15.9 Å². The van der Waals surface area contributed by atoms with E-state index in [4.69, 9.17) is 9.47 Å². The summed E-state index contributed by atoms with van der Waals surface area (Å²) in [6, 6.07) is 11.0. The first kappa shape index (κ1) is 15.3. The van der Waals surface area contributed by atoms with E-state index in [9.17, 15) is 4.39 Å². The first-order valence-electron chi connectivity index (χ1n) is 7.25. The van der Waals surface area contributed by atoms with Gasteiger partial charge in [0.05, 0.1) is 0 Å². The Hall–Kier alpha value is -1.59.